The molecule has 0 bridgehead atoms. The predicted molar refractivity (Wildman–Crippen MR) is 87.9 cm³/mol. The van der Waals surface area contributed by atoms with E-state index in [-0.39, 0.29) is 17.5 Å². The van der Waals surface area contributed by atoms with Crippen LogP contribution in [0.15, 0.2) is 48.5 Å². The SMILES string of the molecule is Cc1cc(Cl)ccc1OCC(=O)NC(Br)c1ccccc1. The smallest absolute Gasteiger partial charge is 0.259 e. The summed E-state index contributed by atoms with van der Waals surface area (Å²) < 4.78 is 5.50. The number of hydrogen-bond acceptors (Lipinski definition) is 2. The minimum atomic E-state index is -0.235. The Labute approximate surface area is 137 Å². The second-order valence-corrected chi connectivity index (χ2v) is 5.89. The van der Waals surface area contributed by atoms with E-state index in [1.165, 1.54) is 0 Å². The third-order valence-corrected chi connectivity index (χ3v) is 3.87. The lowest BCUT2D eigenvalue weighted by molar-refractivity contribution is -0.123. The van der Waals surface area contributed by atoms with E-state index in [1.807, 2.05) is 37.3 Å². The van der Waals surface area contributed by atoms with Crippen LogP contribution in [0.2, 0.25) is 5.02 Å². The zero-order valence-electron chi connectivity index (χ0n) is 11.5. The van der Waals surface area contributed by atoms with E-state index in [2.05, 4.69) is 21.2 Å². The maximum absolute atomic E-state index is 11.9. The van der Waals surface area contributed by atoms with E-state index in [0.29, 0.717) is 10.8 Å². The average molecular weight is 369 g/mol. The average Bonchev–Trinajstić information content (AvgIpc) is 2.47. The van der Waals surface area contributed by atoms with Gasteiger partial charge in [0.05, 0.1) is 0 Å². The summed E-state index contributed by atoms with van der Waals surface area (Å²) in [7, 11) is 0. The van der Waals surface area contributed by atoms with Crippen molar-refractivity contribution in [1.82, 2.24) is 5.32 Å². The lowest BCUT2D eigenvalue weighted by Crippen LogP contribution is -2.30. The fourth-order valence-corrected chi connectivity index (χ4v) is 2.59. The molecule has 0 aliphatic heterocycles. The van der Waals surface area contributed by atoms with Gasteiger partial charge in [-0.3, -0.25) is 4.79 Å². The van der Waals surface area contributed by atoms with Crippen molar-refractivity contribution in [3.8, 4) is 5.75 Å². The van der Waals surface area contributed by atoms with Crippen molar-refractivity contribution in [1.29, 1.82) is 0 Å². The van der Waals surface area contributed by atoms with Crippen LogP contribution in [0.5, 0.6) is 5.75 Å². The zero-order chi connectivity index (χ0) is 15.2. The Morgan fingerprint density at radius 3 is 2.67 bits per heavy atom. The van der Waals surface area contributed by atoms with E-state index in [9.17, 15) is 4.79 Å². The molecule has 0 saturated heterocycles. The molecule has 1 amide bonds. The number of halogens is 2. The normalized spacial score (nSPS) is 11.8. The van der Waals surface area contributed by atoms with Crippen LogP contribution in [0.1, 0.15) is 16.1 Å². The quantitative estimate of drug-likeness (QED) is 0.633. The number of carbonyl (C=O) groups is 1. The molecule has 0 fully saturated rings. The van der Waals surface area contributed by atoms with Gasteiger partial charge in [-0.1, -0.05) is 57.9 Å². The van der Waals surface area contributed by atoms with Crippen molar-refractivity contribution in [3.63, 3.8) is 0 Å². The largest absolute Gasteiger partial charge is 0.484 e. The Hall–Kier alpha value is -1.52. The number of rotatable bonds is 5. The van der Waals surface area contributed by atoms with Gasteiger partial charge in [0.15, 0.2) is 6.61 Å². The minimum absolute atomic E-state index is 0.0442. The molecule has 0 heterocycles. The molecule has 1 unspecified atom stereocenters. The summed E-state index contributed by atoms with van der Waals surface area (Å²) in [6.07, 6.45) is 0. The first-order valence-electron chi connectivity index (χ1n) is 6.43. The van der Waals surface area contributed by atoms with Gasteiger partial charge in [-0.05, 0) is 36.2 Å². The summed E-state index contributed by atoms with van der Waals surface area (Å²) in [6.45, 7) is 1.84. The van der Waals surface area contributed by atoms with Gasteiger partial charge in [0, 0.05) is 5.02 Å². The first-order chi connectivity index (χ1) is 10.1. The van der Waals surface area contributed by atoms with Crippen molar-refractivity contribution in [2.24, 2.45) is 0 Å². The Balaban J connectivity index is 1.87. The highest BCUT2D eigenvalue weighted by molar-refractivity contribution is 9.09. The molecule has 0 aliphatic carbocycles. The molecule has 1 atom stereocenters. The standard InChI is InChI=1S/C16H15BrClNO2/c1-11-9-13(18)7-8-14(11)21-10-15(20)19-16(17)12-5-3-2-4-6-12/h2-9,16H,10H2,1H3,(H,19,20). The van der Waals surface area contributed by atoms with Crippen LogP contribution in [-0.4, -0.2) is 12.5 Å². The van der Waals surface area contributed by atoms with Gasteiger partial charge in [-0.2, -0.15) is 0 Å². The van der Waals surface area contributed by atoms with Crippen LogP contribution in [0.4, 0.5) is 0 Å². The van der Waals surface area contributed by atoms with Crippen molar-refractivity contribution in [3.05, 3.63) is 64.7 Å². The van der Waals surface area contributed by atoms with Gasteiger partial charge in [0.2, 0.25) is 0 Å². The van der Waals surface area contributed by atoms with Crippen LogP contribution in [-0.2, 0) is 4.79 Å². The molecule has 2 rings (SSSR count). The first-order valence-corrected chi connectivity index (χ1v) is 7.73. The molecule has 0 aromatic heterocycles. The molecule has 1 N–H and O–H groups in total. The fourth-order valence-electron chi connectivity index (χ4n) is 1.81. The number of aryl methyl sites for hydroxylation is 1. The van der Waals surface area contributed by atoms with Crippen LogP contribution in [0, 0.1) is 6.92 Å². The lowest BCUT2D eigenvalue weighted by Gasteiger charge is -2.14. The Bertz CT molecular complexity index is 619. The maximum atomic E-state index is 11.9. The molecule has 0 spiro atoms. The van der Waals surface area contributed by atoms with Gasteiger partial charge in [-0.15, -0.1) is 0 Å². The summed E-state index contributed by atoms with van der Waals surface area (Å²) >= 11 is 9.31. The highest BCUT2D eigenvalue weighted by atomic mass is 79.9. The molecule has 110 valence electrons. The highest BCUT2D eigenvalue weighted by Crippen LogP contribution is 2.22. The predicted octanol–water partition coefficient (Wildman–Crippen LogP) is 4.24. The summed E-state index contributed by atoms with van der Waals surface area (Å²) in [5.41, 5.74) is 1.88. The monoisotopic (exact) mass is 367 g/mol. The number of alkyl halides is 1. The van der Waals surface area contributed by atoms with E-state index >= 15 is 0 Å². The fraction of sp³-hybridized carbons (Fsp3) is 0.188. The summed E-state index contributed by atoms with van der Waals surface area (Å²) in [5, 5.41) is 3.47. The first kappa shape index (κ1) is 15.9. The van der Waals surface area contributed by atoms with Gasteiger partial charge in [0.1, 0.15) is 10.7 Å². The lowest BCUT2D eigenvalue weighted by atomic mass is 10.2. The van der Waals surface area contributed by atoms with Crippen LogP contribution < -0.4 is 10.1 Å². The highest BCUT2D eigenvalue weighted by Gasteiger charge is 2.11. The van der Waals surface area contributed by atoms with E-state index in [1.54, 1.807) is 18.2 Å². The van der Waals surface area contributed by atoms with E-state index < -0.39 is 0 Å². The number of hydrogen-bond donors (Lipinski definition) is 1. The second kappa shape index (κ2) is 7.48. The summed E-state index contributed by atoms with van der Waals surface area (Å²) in [5.74, 6) is 0.454. The Morgan fingerprint density at radius 1 is 1.29 bits per heavy atom. The molecule has 21 heavy (non-hydrogen) atoms. The van der Waals surface area contributed by atoms with Crippen molar-refractivity contribution >= 4 is 33.4 Å². The molecule has 3 nitrogen and oxygen atoms in total. The number of amides is 1. The van der Waals surface area contributed by atoms with Crippen LogP contribution in [0.3, 0.4) is 0 Å². The number of nitrogens with one attached hydrogen (secondary N) is 1. The Kier molecular flexibility index (Phi) is 5.65. The van der Waals surface area contributed by atoms with Crippen molar-refractivity contribution in [2.45, 2.75) is 11.9 Å². The third-order valence-electron chi connectivity index (χ3n) is 2.88. The molecule has 2 aromatic carbocycles. The minimum Gasteiger partial charge on any atom is -0.484 e. The van der Waals surface area contributed by atoms with Crippen molar-refractivity contribution in [2.75, 3.05) is 6.61 Å². The molecule has 5 heteroatoms. The Morgan fingerprint density at radius 2 is 2.00 bits per heavy atom. The maximum Gasteiger partial charge on any atom is 0.259 e. The third kappa shape index (κ3) is 4.76. The second-order valence-electron chi connectivity index (χ2n) is 4.54. The molecule has 2 aromatic rings. The van der Waals surface area contributed by atoms with Gasteiger partial charge in [0.25, 0.3) is 5.91 Å². The topological polar surface area (TPSA) is 38.3 Å². The van der Waals surface area contributed by atoms with Crippen molar-refractivity contribution < 1.29 is 9.53 Å². The van der Waals surface area contributed by atoms with E-state index in [4.69, 9.17) is 16.3 Å². The number of benzene rings is 2. The zero-order valence-corrected chi connectivity index (χ0v) is 13.8. The van der Waals surface area contributed by atoms with Gasteiger partial charge < -0.3 is 10.1 Å². The van der Waals surface area contributed by atoms with Gasteiger partial charge >= 0.3 is 0 Å². The molecular formula is C16H15BrClNO2. The molecule has 0 radical (unpaired) electrons. The number of ether oxygens (including phenoxy) is 1. The summed E-state index contributed by atoms with van der Waals surface area (Å²) in [4.78, 5) is 11.7. The van der Waals surface area contributed by atoms with Crippen LogP contribution >= 0.6 is 27.5 Å². The van der Waals surface area contributed by atoms with Gasteiger partial charge in [-0.25, -0.2) is 0 Å². The molecular weight excluding hydrogens is 354 g/mol. The molecule has 0 saturated carbocycles. The van der Waals surface area contributed by atoms with Crippen LogP contribution in [0.25, 0.3) is 0 Å². The molecule has 0 aliphatic rings. The number of carbonyl (C=O) groups excluding carboxylic acids is 1. The summed E-state index contributed by atoms with van der Waals surface area (Å²) in [6, 6.07) is 14.9. The van der Waals surface area contributed by atoms with E-state index in [0.717, 1.165) is 11.1 Å².